The Balaban J connectivity index is 2.03. The monoisotopic (exact) mass is 451 g/mol. The average molecular weight is 452 g/mol. The standard InChI is InChI=1S/C21H25NO6S2/c1-5-27-21(25)18-15(10-13(2)3)12-29-19(18)22-17(23)11-28-20(24)14-6-8-16(9-7-14)30(4)26/h6-9,12-13H,5,10-11H2,1-4H3,(H,22,23). The Morgan fingerprint density at radius 2 is 1.77 bits per heavy atom. The summed E-state index contributed by atoms with van der Waals surface area (Å²) >= 11 is 1.23. The third kappa shape index (κ3) is 6.50. The van der Waals surface area contributed by atoms with Crippen LogP contribution in [0.1, 0.15) is 47.1 Å². The molecule has 0 fully saturated rings. The van der Waals surface area contributed by atoms with Crippen LogP contribution in [0.5, 0.6) is 0 Å². The molecule has 0 aliphatic heterocycles. The second-order valence-electron chi connectivity index (χ2n) is 6.89. The van der Waals surface area contributed by atoms with Gasteiger partial charge in [-0.25, -0.2) is 9.59 Å². The Bertz CT molecular complexity index is 933. The Labute approximate surface area is 182 Å². The molecule has 1 N–H and O–H groups in total. The zero-order valence-corrected chi connectivity index (χ0v) is 19.0. The van der Waals surface area contributed by atoms with E-state index in [1.165, 1.54) is 23.5 Å². The van der Waals surface area contributed by atoms with Gasteiger partial charge in [0, 0.05) is 22.0 Å². The number of anilines is 1. The second kappa shape index (κ2) is 11.0. The number of carbonyl (C=O) groups excluding carboxylic acids is 3. The number of rotatable bonds is 9. The lowest BCUT2D eigenvalue weighted by Gasteiger charge is -2.10. The molecule has 0 radical (unpaired) electrons. The quantitative estimate of drug-likeness (QED) is 0.584. The average Bonchev–Trinajstić information content (AvgIpc) is 3.07. The van der Waals surface area contributed by atoms with Crippen molar-refractivity contribution in [2.24, 2.45) is 5.92 Å². The van der Waals surface area contributed by atoms with Crippen LogP contribution in [-0.2, 0) is 31.5 Å². The number of ether oxygens (including phenoxy) is 2. The van der Waals surface area contributed by atoms with Crippen molar-refractivity contribution >= 4 is 45.0 Å². The first-order chi connectivity index (χ1) is 14.2. The molecule has 162 valence electrons. The number of benzene rings is 1. The summed E-state index contributed by atoms with van der Waals surface area (Å²) in [5.41, 5.74) is 1.41. The molecule has 0 saturated heterocycles. The predicted molar refractivity (Wildman–Crippen MR) is 117 cm³/mol. The van der Waals surface area contributed by atoms with Crippen molar-refractivity contribution < 1.29 is 28.1 Å². The summed E-state index contributed by atoms with van der Waals surface area (Å²) in [6, 6.07) is 6.13. The van der Waals surface area contributed by atoms with Crippen molar-refractivity contribution in [3.8, 4) is 0 Å². The van der Waals surface area contributed by atoms with Gasteiger partial charge in [-0.15, -0.1) is 11.3 Å². The molecule has 0 aliphatic carbocycles. The van der Waals surface area contributed by atoms with Gasteiger partial charge in [-0.2, -0.15) is 0 Å². The van der Waals surface area contributed by atoms with Crippen LogP contribution in [-0.4, -0.2) is 41.5 Å². The molecule has 1 aromatic carbocycles. The number of hydrogen-bond donors (Lipinski definition) is 1. The van der Waals surface area contributed by atoms with Gasteiger partial charge in [-0.3, -0.25) is 9.00 Å². The Morgan fingerprint density at radius 3 is 2.33 bits per heavy atom. The van der Waals surface area contributed by atoms with Gasteiger partial charge in [-0.05, 0) is 54.5 Å². The highest BCUT2D eigenvalue weighted by Crippen LogP contribution is 2.31. The SMILES string of the molecule is CCOC(=O)c1c(CC(C)C)csc1NC(=O)COC(=O)c1ccc(S(C)=O)cc1. The first-order valence-electron chi connectivity index (χ1n) is 9.40. The van der Waals surface area contributed by atoms with Crippen LogP contribution in [0.3, 0.4) is 0 Å². The van der Waals surface area contributed by atoms with Crippen LogP contribution in [0.25, 0.3) is 0 Å². The van der Waals surface area contributed by atoms with Crippen molar-refractivity contribution in [2.45, 2.75) is 32.1 Å². The summed E-state index contributed by atoms with van der Waals surface area (Å²) in [4.78, 5) is 37.4. The Morgan fingerprint density at radius 1 is 1.10 bits per heavy atom. The minimum atomic E-state index is -1.15. The lowest BCUT2D eigenvalue weighted by Crippen LogP contribution is -2.22. The number of thiophene rings is 1. The van der Waals surface area contributed by atoms with Gasteiger partial charge >= 0.3 is 11.9 Å². The lowest BCUT2D eigenvalue weighted by atomic mass is 10.0. The van der Waals surface area contributed by atoms with Crippen molar-refractivity contribution in [3.63, 3.8) is 0 Å². The number of hydrogen-bond acceptors (Lipinski definition) is 7. The maximum atomic E-state index is 12.4. The summed E-state index contributed by atoms with van der Waals surface area (Å²) in [6.07, 6.45) is 2.22. The van der Waals surface area contributed by atoms with Crippen molar-refractivity contribution in [2.75, 3.05) is 24.8 Å². The van der Waals surface area contributed by atoms with Gasteiger partial charge < -0.3 is 14.8 Å². The summed E-state index contributed by atoms with van der Waals surface area (Å²) in [7, 11) is -1.15. The topological polar surface area (TPSA) is 98.8 Å². The molecule has 1 unspecified atom stereocenters. The first-order valence-corrected chi connectivity index (χ1v) is 11.8. The van der Waals surface area contributed by atoms with E-state index in [4.69, 9.17) is 9.47 Å². The zero-order valence-electron chi connectivity index (χ0n) is 17.4. The van der Waals surface area contributed by atoms with E-state index in [1.807, 2.05) is 19.2 Å². The van der Waals surface area contributed by atoms with E-state index in [9.17, 15) is 18.6 Å². The van der Waals surface area contributed by atoms with Gasteiger partial charge in [0.15, 0.2) is 6.61 Å². The maximum Gasteiger partial charge on any atom is 0.341 e. The van der Waals surface area contributed by atoms with E-state index in [0.29, 0.717) is 27.8 Å². The molecule has 9 heteroatoms. The van der Waals surface area contributed by atoms with E-state index in [-0.39, 0.29) is 12.2 Å². The normalized spacial score (nSPS) is 11.8. The molecular formula is C21H25NO6S2. The van der Waals surface area contributed by atoms with E-state index in [2.05, 4.69) is 5.32 Å². The van der Waals surface area contributed by atoms with Gasteiger partial charge in [0.2, 0.25) is 0 Å². The second-order valence-corrected chi connectivity index (χ2v) is 9.15. The molecule has 0 aliphatic rings. The fourth-order valence-corrected chi connectivity index (χ4v) is 4.16. The van der Waals surface area contributed by atoms with Gasteiger partial charge in [0.25, 0.3) is 5.91 Å². The van der Waals surface area contributed by atoms with Gasteiger partial charge in [0.1, 0.15) is 5.00 Å². The third-order valence-corrected chi connectivity index (χ3v) is 5.86. The van der Waals surface area contributed by atoms with Crippen LogP contribution >= 0.6 is 11.3 Å². The molecule has 1 amide bonds. The molecule has 1 atom stereocenters. The molecule has 30 heavy (non-hydrogen) atoms. The Kier molecular flexibility index (Phi) is 8.73. The van der Waals surface area contributed by atoms with Crippen molar-refractivity contribution in [3.05, 3.63) is 46.3 Å². The first kappa shape index (κ1) is 23.8. The predicted octanol–water partition coefficient (Wildman–Crippen LogP) is 3.66. The van der Waals surface area contributed by atoms with Gasteiger partial charge in [-0.1, -0.05) is 13.8 Å². The molecule has 1 heterocycles. The fourth-order valence-electron chi connectivity index (χ4n) is 2.66. The van der Waals surface area contributed by atoms with Crippen molar-refractivity contribution in [1.82, 2.24) is 0 Å². The van der Waals surface area contributed by atoms with E-state index in [1.54, 1.807) is 25.3 Å². The molecule has 7 nitrogen and oxygen atoms in total. The van der Waals surface area contributed by atoms with Gasteiger partial charge in [0.05, 0.1) is 17.7 Å². The molecule has 2 rings (SSSR count). The van der Waals surface area contributed by atoms with Crippen LogP contribution in [0, 0.1) is 5.92 Å². The third-order valence-electron chi connectivity index (χ3n) is 3.98. The lowest BCUT2D eigenvalue weighted by molar-refractivity contribution is -0.119. The molecule has 0 bridgehead atoms. The van der Waals surface area contributed by atoms with Crippen molar-refractivity contribution in [1.29, 1.82) is 0 Å². The van der Waals surface area contributed by atoms with Crippen LogP contribution in [0.4, 0.5) is 5.00 Å². The summed E-state index contributed by atoms with van der Waals surface area (Å²) in [5, 5.41) is 4.84. The molecular weight excluding hydrogens is 426 g/mol. The number of amides is 1. The molecule has 1 aromatic heterocycles. The summed E-state index contributed by atoms with van der Waals surface area (Å²) in [6.45, 7) is 5.52. The van der Waals surface area contributed by atoms with E-state index >= 15 is 0 Å². The fraction of sp³-hybridized carbons (Fsp3) is 0.381. The summed E-state index contributed by atoms with van der Waals surface area (Å²) < 4.78 is 21.6. The highest BCUT2D eigenvalue weighted by atomic mass is 32.2. The molecule has 2 aromatic rings. The number of carbonyl (C=O) groups is 3. The molecule has 0 spiro atoms. The van der Waals surface area contributed by atoms with Crippen LogP contribution in [0.2, 0.25) is 0 Å². The smallest absolute Gasteiger partial charge is 0.341 e. The van der Waals surface area contributed by atoms with Crippen LogP contribution in [0.15, 0.2) is 34.5 Å². The highest BCUT2D eigenvalue weighted by molar-refractivity contribution is 7.84. The number of nitrogens with one attached hydrogen (secondary N) is 1. The van der Waals surface area contributed by atoms with E-state index < -0.39 is 35.3 Å². The number of esters is 2. The zero-order chi connectivity index (χ0) is 22.3. The highest BCUT2D eigenvalue weighted by Gasteiger charge is 2.22. The largest absolute Gasteiger partial charge is 0.462 e. The summed E-state index contributed by atoms with van der Waals surface area (Å²) in [5.74, 6) is -1.39. The van der Waals surface area contributed by atoms with Crippen LogP contribution < -0.4 is 5.32 Å². The Hall–Kier alpha value is -2.52. The maximum absolute atomic E-state index is 12.4. The minimum absolute atomic E-state index is 0.227. The van der Waals surface area contributed by atoms with E-state index in [0.717, 1.165) is 5.56 Å². The molecule has 0 saturated carbocycles. The minimum Gasteiger partial charge on any atom is -0.462 e.